The van der Waals surface area contributed by atoms with Gasteiger partial charge in [0, 0.05) is 16.6 Å². The standard InChI is InChI=1S/C40H31Cl8N5O5S/c1-4-27(58-28-12-8-18(2)14-19(28)3)39(55)51-26-16-21(54)10-13-29(26)59-37-38(52-53(40(37)56)35-33(47)31(45)30(44)32(46)34(35)48)50-25-15-20(9-11-22(25)41)49-17-57-36-23(42)6-5-7-24(36)43/h5-16,27,37,49,54H,4,17H2,1-3H3,(H,50,52)(H,51,55). The molecule has 1 fully saturated rings. The summed E-state index contributed by atoms with van der Waals surface area (Å²) in [5, 5.41) is 16.6. The summed E-state index contributed by atoms with van der Waals surface area (Å²) in [5.74, 6) is -0.302. The number of para-hydroxylation sites is 1. The fourth-order valence-electron chi connectivity index (χ4n) is 5.72. The number of phenolic OH excluding ortho intramolecular Hbond substituents is 1. The molecule has 0 spiro atoms. The highest BCUT2D eigenvalue weighted by Crippen LogP contribution is 2.49. The number of hydrogen-bond donors (Lipinski definition) is 4. The number of ether oxygens (including phenoxy) is 2. The van der Waals surface area contributed by atoms with E-state index in [9.17, 15) is 14.7 Å². The second kappa shape index (κ2) is 19.4. The van der Waals surface area contributed by atoms with Gasteiger partial charge < -0.3 is 25.2 Å². The number of rotatable bonds is 13. The number of nitrogens with one attached hydrogen (secondary N) is 3. The maximum absolute atomic E-state index is 14.5. The van der Waals surface area contributed by atoms with Gasteiger partial charge in [-0.15, -0.1) is 11.8 Å². The molecule has 5 aromatic rings. The molecule has 59 heavy (non-hydrogen) atoms. The number of carbonyl (C=O) groups is 2. The average Bonchev–Trinajstić information content (AvgIpc) is 3.49. The monoisotopic (exact) mass is 973 g/mol. The predicted molar refractivity (Wildman–Crippen MR) is 243 cm³/mol. The minimum atomic E-state index is -1.16. The Bertz CT molecular complexity index is 2440. The molecule has 308 valence electrons. The number of aryl methyl sites for hydroxylation is 2. The van der Waals surface area contributed by atoms with Crippen molar-refractivity contribution in [1.82, 2.24) is 5.43 Å². The first-order valence-corrected chi connectivity index (χ1v) is 21.3. The van der Waals surface area contributed by atoms with E-state index in [2.05, 4.69) is 16.1 Å². The summed E-state index contributed by atoms with van der Waals surface area (Å²) in [5.41, 5.74) is 5.81. The normalized spacial score (nSPS) is 15.0. The van der Waals surface area contributed by atoms with Crippen LogP contribution in [0.5, 0.6) is 17.2 Å². The number of hydrazine groups is 1. The quantitative estimate of drug-likeness (QED) is 0.0522. The van der Waals surface area contributed by atoms with Crippen molar-refractivity contribution < 1.29 is 24.2 Å². The molecule has 0 saturated carbocycles. The van der Waals surface area contributed by atoms with Crippen LogP contribution in [-0.4, -0.2) is 40.8 Å². The minimum Gasteiger partial charge on any atom is -0.508 e. The van der Waals surface area contributed by atoms with Crippen LogP contribution in [0.25, 0.3) is 0 Å². The van der Waals surface area contributed by atoms with E-state index in [4.69, 9.17) is 107 Å². The molecule has 6 rings (SSSR count). The van der Waals surface area contributed by atoms with E-state index in [1.165, 1.54) is 12.1 Å². The van der Waals surface area contributed by atoms with E-state index in [-0.39, 0.29) is 65.5 Å². The Morgan fingerprint density at radius 2 is 1.56 bits per heavy atom. The predicted octanol–water partition coefficient (Wildman–Crippen LogP) is 13.2. The second-order valence-electron chi connectivity index (χ2n) is 12.8. The first kappa shape index (κ1) is 44.9. The first-order valence-electron chi connectivity index (χ1n) is 17.4. The van der Waals surface area contributed by atoms with Gasteiger partial charge >= 0.3 is 0 Å². The fourth-order valence-corrected chi connectivity index (χ4v) is 8.75. The molecule has 4 N–H and O–H groups in total. The van der Waals surface area contributed by atoms with Crippen LogP contribution in [0.3, 0.4) is 0 Å². The lowest BCUT2D eigenvalue weighted by Gasteiger charge is -2.21. The number of carbonyl (C=O) groups excluding carboxylic acids is 2. The number of hydrogen-bond acceptors (Lipinski definition) is 8. The zero-order chi connectivity index (χ0) is 42.7. The van der Waals surface area contributed by atoms with Gasteiger partial charge in [0.05, 0.1) is 51.6 Å². The van der Waals surface area contributed by atoms with E-state index in [1.807, 2.05) is 39.0 Å². The SMILES string of the molecule is CCC(Oc1ccc(C)cc1C)C(=O)Nc1cc(O)ccc1SC1C(=O)N(c2c(Cl)c(Cl)c(Cl)c(Cl)c2Cl)NC1=Nc1cc(NCOc2c(Cl)cccc2Cl)ccc1Cl. The van der Waals surface area contributed by atoms with E-state index >= 15 is 0 Å². The topological polar surface area (TPSA) is 125 Å². The van der Waals surface area contributed by atoms with E-state index in [0.29, 0.717) is 38.5 Å². The number of halogens is 8. The Morgan fingerprint density at radius 3 is 2.22 bits per heavy atom. The van der Waals surface area contributed by atoms with Crippen molar-refractivity contribution in [1.29, 1.82) is 0 Å². The maximum atomic E-state index is 14.5. The number of amidine groups is 1. The highest BCUT2D eigenvalue weighted by atomic mass is 35.5. The number of nitrogens with zero attached hydrogens (tertiary/aromatic N) is 2. The van der Waals surface area contributed by atoms with Crippen LogP contribution in [0.4, 0.5) is 22.7 Å². The van der Waals surface area contributed by atoms with Crippen molar-refractivity contribution in [3.8, 4) is 17.2 Å². The molecule has 5 aromatic carbocycles. The Hall–Kier alpha value is -3.62. The molecule has 2 atom stereocenters. The number of amides is 2. The van der Waals surface area contributed by atoms with Crippen LogP contribution in [0, 0.1) is 13.8 Å². The van der Waals surface area contributed by atoms with Crippen molar-refractivity contribution in [3.63, 3.8) is 0 Å². The van der Waals surface area contributed by atoms with Gasteiger partial charge in [-0.05, 0) is 74.4 Å². The lowest BCUT2D eigenvalue weighted by atomic mass is 10.1. The molecule has 2 unspecified atom stereocenters. The van der Waals surface area contributed by atoms with Gasteiger partial charge in [-0.3, -0.25) is 15.0 Å². The molecule has 2 amide bonds. The largest absolute Gasteiger partial charge is 0.508 e. The molecular formula is C40H31Cl8N5O5S. The van der Waals surface area contributed by atoms with Crippen LogP contribution >= 0.6 is 105 Å². The van der Waals surface area contributed by atoms with Gasteiger partial charge in [0.1, 0.15) is 28.3 Å². The van der Waals surface area contributed by atoms with Crippen molar-refractivity contribution in [2.24, 2.45) is 4.99 Å². The molecule has 0 bridgehead atoms. The lowest BCUT2D eigenvalue weighted by molar-refractivity contribution is -0.122. The maximum Gasteiger partial charge on any atom is 0.267 e. The van der Waals surface area contributed by atoms with Crippen molar-refractivity contribution in [3.05, 3.63) is 124 Å². The molecule has 10 nitrogen and oxygen atoms in total. The van der Waals surface area contributed by atoms with Gasteiger partial charge in [-0.2, -0.15) is 0 Å². The highest BCUT2D eigenvalue weighted by Gasteiger charge is 2.42. The number of anilines is 3. The van der Waals surface area contributed by atoms with Crippen molar-refractivity contribution in [2.45, 2.75) is 43.4 Å². The molecule has 0 aliphatic carbocycles. The summed E-state index contributed by atoms with van der Waals surface area (Å²) in [6, 6.07) is 19.9. The number of benzene rings is 5. The zero-order valence-corrected chi connectivity index (χ0v) is 37.8. The Morgan fingerprint density at radius 1 is 0.881 bits per heavy atom. The zero-order valence-electron chi connectivity index (χ0n) is 30.9. The van der Waals surface area contributed by atoms with Crippen LogP contribution in [0.2, 0.25) is 40.2 Å². The number of aromatic hydroxyl groups is 1. The minimum absolute atomic E-state index is 0.0247. The lowest BCUT2D eigenvalue weighted by Crippen LogP contribution is -2.36. The summed E-state index contributed by atoms with van der Waals surface area (Å²) in [4.78, 5) is 33.4. The molecule has 19 heteroatoms. The third-order valence-electron chi connectivity index (χ3n) is 8.66. The second-order valence-corrected chi connectivity index (χ2v) is 17.1. The highest BCUT2D eigenvalue weighted by molar-refractivity contribution is 8.01. The van der Waals surface area contributed by atoms with Crippen LogP contribution in [0.1, 0.15) is 24.5 Å². The van der Waals surface area contributed by atoms with Crippen molar-refractivity contribution >= 4 is 145 Å². The Balaban J connectivity index is 1.34. The van der Waals surface area contributed by atoms with Gasteiger partial charge in [-0.25, -0.2) is 10.0 Å². The summed E-state index contributed by atoms with van der Waals surface area (Å²) >= 11 is 52.5. The summed E-state index contributed by atoms with van der Waals surface area (Å²) in [7, 11) is 0. The summed E-state index contributed by atoms with van der Waals surface area (Å²) < 4.78 is 11.9. The number of aliphatic imine (C=N–C) groups is 1. The molecule has 0 radical (unpaired) electrons. The van der Waals surface area contributed by atoms with Crippen LogP contribution < -0.4 is 30.5 Å². The van der Waals surface area contributed by atoms with Crippen LogP contribution in [0.15, 0.2) is 82.7 Å². The van der Waals surface area contributed by atoms with E-state index in [0.717, 1.165) is 27.9 Å². The molecule has 1 saturated heterocycles. The smallest absolute Gasteiger partial charge is 0.267 e. The first-order chi connectivity index (χ1) is 28.1. The molecule has 1 heterocycles. The Labute approximate surface area is 383 Å². The van der Waals surface area contributed by atoms with Gasteiger partial charge in [0.2, 0.25) is 0 Å². The average molecular weight is 977 g/mol. The number of phenols is 1. The molecule has 0 aromatic heterocycles. The fraction of sp³-hybridized carbons (Fsp3) is 0.175. The molecule has 1 aliphatic rings. The van der Waals surface area contributed by atoms with Gasteiger partial charge in [-0.1, -0.05) is 123 Å². The summed E-state index contributed by atoms with van der Waals surface area (Å²) in [6.07, 6.45) is -0.558. The molecular weight excluding hydrogens is 946 g/mol. The molecule has 1 aliphatic heterocycles. The van der Waals surface area contributed by atoms with Gasteiger partial charge in [0.15, 0.2) is 18.6 Å². The van der Waals surface area contributed by atoms with Gasteiger partial charge in [0.25, 0.3) is 11.8 Å². The van der Waals surface area contributed by atoms with Crippen molar-refractivity contribution in [2.75, 3.05) is 22.4 Å². The third-order valence-corrected chi connectivity index (χ3v) is 13.1. The van der Waals surface area contributed by atoms with E-state index in [1.54, 1.807) is 42.5 Å². The number of thioether (sulfide) groups is 1. The van der Waals surface area contributed by atoms with Crippen LogP contribution in [-0.2, 0) is 9.59 Å². The third kappa shape index (κ3) is 10.1. The van der Waals surface area contributed by atoms with E-state index < -0.39 is 23.2 Å². The Kier molecular flexibility index (Phi) is 14.8. The summed E-state index contributed by atoms with van der Waals surface area (Å²) in [6.45, 7) is 5.65.